The average Bonchev–Trinajstić information content (AvgIpc) is 2.52. The van der Waals surface area contributed by atoms with Gasteiger partial charge in [-0.3, -0.25) is 9.59 Å². The third-order valence-electron chi connectivity index (χ3n) is 3.95. The van der Waals surface area contributed by atoms with Crippen LogP contribution in [0.25, 0.3) is 0 Å². The Morgan fingerprint density at radius 1 is 1.29 bits per heavy atom. The number of rotatable bonds is 6. The van der Waals surface area contributed by atoms with E-state index in [9.17, 15) is 9.59 Å². The molecule has 21 heavy (non-hydrogen) atoms. The maximum absolute atomic E-state index is 12.6. The molecule has 3 heteroatoms. The highest BCUT2D eigenvalue weighted by atomic mass is 16.6. The maximum Gasteiger partial charge on any atom is 0.307 e. The van der Waals surface area contributed by atoms with E-state index < -0.39 is 5.60 Å². The van der Waals surface area contributed by atoms with E-state index in [0.29, 0.717) is 0 Å². The monoisotopic (exact) mass is 294 g/mol. The van der Waals surface area contributed by atoms with Crippen LogP contribution in [0.15, 0.2) is 12.7 Å². The van der Waals surface area contributed by atoms with Crippen molar-refractivity contribution in [3.05, 3.63) is 12.7 Å². The normalized spacial score (nSPS) is 23.5. The van der Waals surface area contributed by atoms with Gasteiger partial charge >= 0.3 is 5.97 Å². The molecule has 0 aliphatic heterocycles. The first-order chi connectivity index (χ1) is 9.83. The van der Waals surface area contributed by atoms with Crippen molar-refractivity contribution in [3.63, 3.8) is 0 Å². The first kappa shape index (κ1) is 17.9. The van der Waals surface area contributed by atoms with Crippen LogP contribution in [0, 0.1) is 11.8 Å². The predicted molar refractivity (Wildman–Crippen MR) is 85.0 cm³/mol. The zero-order valence-electron chi connectivity index (χ0n) is 13.8. The van der Waals surface area contributed by atoms with Gasteiger partial charge in [0.15, 0.2) is 0 Å². The molecule has 0 saturated heterocycles. The van der Waals surface area contributed by atoms with Crippen LogP contribution in [0.3, 0.4) is 0 Å². The summed E-state index contributed by atoms with van der Waals surface area (Å²) in [5.74, 6) is 0.0194. The van der Waals surface area contributed by atoms with Crippen LogP contribution >= 0.6 is 0 Å². The molecule has 1 rings (SSSR count). The predicted octanol–water partition coefficient (Wildman–Crippen LogP) is 4.45. The first-order valence-corrected chi connectivity index (χ1v) is 8.20. The number of carbonyl (C=O) groups excluding carboxylic acids is 2. The number of Topliss-reactive ketones (excluding diaryl/α,β-unsaturated/α-hetero) is 1. The molecule has 1 aliphatic rings. The van der Waals surface area contributed by atoms with Crippen molar-refractivity contribution in [2.24, 2.45) is 11.8 Å². The molecule has 0 radical (unpaired) electrons. The molecule has 0 aromatic heterocycles. The van der Waals surface area contributed by atoms with Gasteiger partial charge < -0.3 is 4.74 Å². The molecule has 0 aromatic rings. The fourth-order valence-corrected chi connectivity index (χ4v) is 2.98. The van der Waals surface area contributed by atoms with Crippen LogP contribution in [-0.2, 0) is 14.3 Å². The molecule has 1 fully saturated rings. The van der Waals surface area contributed by atoms with Crippen molar-refractivity contribution in [2.45, 2.75) is 77.7 Å². The topological polar surface area (TPSA) is 43.4 Å². The summed E-state index contributed by atoms with van der Waals surface area (Å²) in [7, 11) is 0. The quantitative estimate of drug-likeness (QED) is 0.314. The molecule has 1 aliphatic carbocycles. The second-order valence-corrected chi connectivity index (χ2v) is 7.09. The summed E-state index contributed by atoms with van der Waals surface area (Å²) in [5.41, 5.74) is -0.478. The molecule has 0 N–H and O–H groups in total. The van der Waals surface area contributed by atoms with Gasteiger partial charge in [0.05, 0.1) is 6.42 Å². The van der Waals surface area contributed by atoms with Gasteiger partial charge in [0.25, 0.3) is 0 Å². The Labute approximate surface area is 129 Å². The van der Waals surface area contributed by atoms with Crippen molar-refractivity contribution in [3.8, 4) is 0 Å². The Hall–Kier alpha value is -1.12. The Kier molecular flexibility index (Phi) is 7.13. The standard InChI is InChI=1S/C18H30O3/c1-5-6-7-10-14-11-8-9-12-15(17(14)20)13-16(19)21-18(2,3)4/h5,14-15H,1,6-13H2,2-4H3/t14?,15-/m0/s1. The van der Waals surface area contributed by atoms with Crippen molar-refractivity contribution in [1.82, 2.24) is 0 Å². The summed E-state index contributed by atoms with van der Waals surface area (Å²) in [6, 6.07) is 0. The van der Waals surface area contributed by atoms with Gasteiger partial charge in [0, 0.05) is 11.8 Å². The number of hydrogen-bond acceptors (Lipinski definition) is 3. The fraction of sp³-hybridized carbons (Fsp3) is 0.778. The van der Waals surface area contributed by atoms with Crippen molar-refractivity contribution < 1.29 is 14.3 Å². The molecular weight excluding hydrogens is 264 g/mol. The lowest BCUT2D eigenvalue weighted by molar-refractivity contribution is -0.157. The van der Waals surface area contributed by atoms with Crippen LogP contribution in [0.1, 0.15) is 72.1 Å². The third kappa shape index (κ3) is 6.92. The SMILES string of the molecule is C=CCCCC1CCCC[C@@H](CC(=O)OC(C)(C)C)C1=O. The van der Waals surface area contributed by atoms with Gasteiger partial charge in [0.1, 0.15) is 11.4 Å². The third-order valence-corrected chi connectivity index (χ3v) is 3.95. The second-order valence-electron chi connectivity index (χ2n) is 7.09. The zero-order chi connectivity index (χ0) is 15.9. The highest BCUT2D eigenvalue weighted by Gasteiger charge is 2.31. The maximum atomic E-state index is 12.6. The molecule has 0 amide bonds. The Bertz CT molecular complexity index is 365. The van der Waals surface area contributed by atoms with E-state index in [1.165, 1.54) is 0 Å². The molecule has 2 atom stereocenters. The van der Waals surface area contributed by atoms with E-state index in [1.807, 2.05) is 26.8 Å². The summed E-state index contributed by atoms with van der Waals surface area (Å²) >= 11 is 0. The summed E-state index contributed by atoms with van der Waals surface area (Å²) in [5, 5.41) is 0. The van der Waals surface area contributed by atoms with Gasteiger partial charge in [-0.25, -0.2) is 0 Å². The lowest BCUT2D eigenvalue weighted by Gasteiger charge is -2.22. The fourth-order valence-electron chi connectivity index (χ4n) is 2.98. The van der Waals surface area contributed by atoms with Crippen LogP contribution in [0.2, 0.25) is 0 Å². The van der Waals surface area contributed by atoms with E-state index in [0.717, 1.165) is 44.9 Å². The molecule has 3 nitrogen and oxygen atoms in total. The molecule has 0 spiro atoms. The molecule has 0 heterocycles. The Balaban J connectivity index is 2.57. The van der Waals surface area contributed by atoms with Gasteiger partial charge in [-0.2, -0.15) is 0 Å². The van der Waals surface area contributed by atoms with Gasteiger partial charge in [-0.05, 0) is 52.9 Å². The second kappa shape index (κ2) is 8.35. The zero-order valence-corrected chi connectivity index (χ0v) is 13.8. The lowest BCUT2D eigenvalue weighted by Crippen LogP contribution is -2.29. The lowest BCUT2D eigenvalue weighted by atomic mass is 9.86. The number of esters is 1. The van der Waals surface area contributed by atoms with Crippen LogP contribution in [0.4, 0.5) is 0 Å². The molecule has 0 bridgehead atoms. The number of ketones is 1. The van der Waals surface area contributed by atoms with Gasteiger partial charge in [0.2, 0.25) is 0 Å². The van der Waals surface area contributed by atoms with E-state index in [2.05, 4.69) is 6.58 Å². The minimum Gasteiger partial charge on any atom is -0.460 e. The van der Waals surface area contributed by atoms with Crippen molar-refractivity contribution in [1.29, 1.82) is 0 Å². The van der Waals surface area contributed by atoms with Gasteiger partial charge in [-0.15, -0.1) is 6.58 Å². The first-order valence-electron chi connectivity index (χ1n) is 8.20. The molecule has 120 valence electrons. The summed E-state index contributed by atoms with van der Waals surface area (Å²) < 4.78 is 5.36. The van der Waals surface area contributed by atoms with E-state index in [4.69, 9.17) is 4.74 Å². The number of hydrogen-bond donors (Lipinski definition) is 0. The molecule has 1 saturated carbocycles. The number of allylic oxidation sites excluding steroid dienone is 1. The average molecular weight is 294 g/mol. The van der Waals surface area contributed by atoms with Crippen LogP contribution in [-0.4, -0.2) is 17.4 Å². The smallest absolute Gasteiger partial charge is 0.307 e. The highest BCUT2D eigenvalue weighted by Crippen LogP contribution is 2.30. The van der Waals surface area contributed by atoms with Crippen LogP contribution < -0.4 is 0 Å². The Morgan fingerprint density at radius 3 is 2.48 bits per heavy atom. The van der Waals surface area contributed by atoms with Gasteiger partial charge in [-0.1, -0.05) is 18.9 Å². The molecule has 0 aromatic carbocycles. The summed E-state index contributed by atoms with van der Waals surface area (Å²) in [6.45, 7) is 9.30. The van der Waals surface area contributed by atoms with E-state index in [1.54, 1.807) is 0 Å². The highest BCUT2D eigenvalue weighted by molar-refractivity contribution is 5.87. The minimum atomic E-state index is -0.478. The molecular formula is C18H30O3. The summed E-state index contributed by atoms with van der Waals surface area (Å²) in [6.07, 6.45) is 8.98. The molecule has 1 unspecified atom stereocenters. The van der Waals surface area contributed by atoms with Crippen LogP contribution in [0.5, 0.6) is 0 Å². The number of ether oxygens (including phenoxy) is 1. The van der Waals surface area contributed by atoms with Crippen molar-refractivity contribution >= 4 is 11.8 Å². The van der Waals surface area contributed by atoms with E-state index in [-0.39, 0.29) is 30.0 Å². The van der Waals surface area contributed by atoms with E-state index >= 15 is 0 Å². The number of unbranched alkanes of at least 4 members (excludes halogenated alkanes) is 1. The van der Waals surface area contributed by atoms with Crippen molar-refractivity contribution in [2.75, 3.05) is 0 Å². The Morgan fingerprint density at radius 2 is 1.90 bits per heavy atom. The minimum absolute atomic E-state index is 0.125. The number of carbonyl (C=O) groups is 2. The summed E-state index contributed by atoms with van der Waals surface area (Å²) in [4.78, 5) is 24.6. The largest absolute Gasteiger partial charge is 0.460 e.